The Morgan fingerprint density at radius 3 is 1.97 bits per heavy atom. The summed E-state index contributed by atoms with van der Waals surface area (Å²) in [7, 11) is 0. The van der Waals surface area contributed by atoms with E-state index in [-0.39, 0.29) is 11.8 Å². The van der Waals surface area contributed by atoms with Gasteiger partial charge in [-0.1, -0.05) is 30.3 Å². The third kappa shape index (κ3) is 6.38. The van der Waals surface area contributed by atoms with Crippen LogP contribution in [0, 0.1) is 0 Å². The van der Waals surface area contributed by atoms with Gasteiger partial charge in [0.25, 0.3) is 0 Å². The number of nitrogens with one attached hydrogen (secondary N) is 3. The number of benzene rings is 3. The summed E-state index contributed by atoms with van der Waals surface area (Å²) in [5.41, 5.74) is 3.27. The number of amides is 2. The van der Waals surface area contributed by atoms with Crippen LogP contribution in [-0.2, 0) is 16.2 Å². The summed E-state index contributed by atoms with van der Waals surface area (Å²) >= 11 is 0. The van der Waals surface area contributed by atoms with Gasteiger partial charge in [0, 0.05) is 24.0 Å². The Hall–Kier alpha value is -3.80. The Morgan fingerprint density at radius 2 is 1.37 bits per heavy atom. The predicted octanol–water partition coefficient (Wildman–Crippen LogP) is 4.66. The van der Waals surface area contributed by atoms with Crippen LogP contribution >= 0.6 is 0 Å². The molecule has 2 amide bonds. The lowest BCUT2D eigenvalue weighted by molar-refractivity contribution is -0.116. The van der Waals surface area contributed by atoms with Gasteiger partial charge >= 0.3 is 0 Å². The van der Waals surface area contributed by atoms with Crippen LogP contribution in [-0.4, -0.2) is 17.9 Å². The van der Waals surface area contributed by atoms with E-state index in [1.165, 1.54) is 6.92 Å². The second-order valence-corrected chi connectivity index (χ2v) is 6.91. The van der Waals surface area contributed by atoms with Gasteiger partial charge in [0.05, 0.1) is 0 Å². The number of anilines is 3. The monoisotopic (exact) mass is 403 g/mol. The summed E-state index contributed by atoms with van der Waals surface area (Å²) in [5.74, 6) is 0.466. The molecular weight excluding hydrogens is 378 g/mol. The highest BCUT2D eigenvalue weighted by molar-refractivity contribution is 5.96. The van der Waals surface area contributed by atoms with Crippen molar-refractivity contribution in [3.63, 3.8) is 0 Å². The highest BCUT2D eigenvalue weighted by Gasteiger charge is 2.13. The van der Waals surface area contributed by atoms with Crippen LogP contribution in [0.25, 0.3) is 0 Å². The van der Waals surface area contributed by atoms with Crippen LogP contribution in [0.2, 0.25) is 0 Å². The Kier molecular flexibility index (Phi) is 7.05. The van der Waals surface area contributed by atoms with Crippen molar-refractivity contribution in [2.24, 2.45) is 0 Å². The molecule has 0 radical (unpaired) electrons. The lowest BCUT2D eigenvalue weighted by atomic mass is 10.2. The molecule has 3 rings (SSSR count). The first-order valence-corrected chi connectivity index (χ1v) is 9.71. The smallest absolute Gasteiger partial charge is 0.246 e. The number of rotatable bonds is 8. The molecule has 0 aliphatic heterocycles. The normalized spacial score (nSPS) is 11.3. The van der Waals surface area contributed by atoms with Crippen LogP contribution in [0.1, 0.15) is 19.4 Å². The van der Waals surface area contributed by atoms with Crippen molar-refractivity contribution < 1.29 is 14.3 Å². The lowest BCUT2D eigenvalue weighted by Gasteiger charge is -2.16. The molecule has 0 fully saturated rings. The van der Waals surface area contributed by atoms with Crippen molar-refractivity contribution in [1.29, 1.82) is 0 Å². The van der Waals surface area contributed by atoms with E-state index in [4.69, 9.17) is 4.74 Å². The molecule has 1 unspecified atom stereocenters. The van der Waals surface area contributed by atoms with Crippen LogP contribution in [0.4, 0.5) is 17.1 Å². The van der Waals surface area contributed by atoms with Gasteiger partial charge < -0.3 is 20.7 Å². The average molecular weight is 403 g/mol. The molecule has 30 heavy (non-hydrogen) atoms. The zero-order valence-electron chi connectivity index (χ0n) is 17.0. The van der Waals surface area contributed by atoms with E-state index in [2.05, 4.69) is 16.0 Å². The van der Waals surface area contributed by atoms with Gasteiger partial charge in [-0.3, -0.25) is 9.59 Å². The van der Waals surface area contributed by atoms with E-state index < -0.39 is 6.04 Å². The molecular formula is C24H25N3O3. The molecule has 0 bridgehead atoms. The van der Waals surface area contributed by atoms with Crippen LogP contribution < -0.4 is 20.7 Å². The van der Waals surface area contributed by atoms with Crippen molar-refractivity contribution in [3.05, 3.63) is 84.4 Å². The minimum atomic E-state index is -0.434. The van der Waals surface area contributed by atoms with Gasteiger partial charge in [-0.2, -0.15) is 0 Å². The molecule has 0 saturated heterocycles. The maximum Gasteiger partial charge on any atom is 0.246 e. The van der Waals surface area contributed by atoms with Crippen LogP contribution in [0.15, 0.2) is 78.9 Å². The van der Waals surface area contributed by atoms with Gasteiger partial charge in [0.1, 0.15) is 18.4 Å². The molecule has 6 nitrogen and oxygen atoms in total. The first kappa shape index (κ1) is 20.9. The van der Waals surface area contributed by atoms with Crippen molar-refractivity contribution in [1.82, 2.24) is 0 Å². The van der Waals surface area contributed by atoms with E-state index in [0.29, 0.717) is 18.0 Å². The standard InChI is InChI=1S/C24H25N3O3/c1-17(24(29)27-22-10-8-21(9-11-22)26-18(2)28)25-20-12-14-23(15-13-20)30-16-19-6-4-3-5-7-19/h3-15,17,25H,16H2,1-2H3,(H,26,28)(H,27,29). The maximum absolute atomic E-state index is 12.4. The van der Waals surface area contributed by atoms with Crippen molar-refractivity contribution in [2.75, 3.05) is 16.0 Å². The maximum atomic E-state index is 12.4. The van der Waals surface area contributed by atoms with Gasteiger partial charge in [-0.05, 0) is 61.0 Å². The first-order valence-electron chi connectivity index (χ1n) is 9.71. The van der Waals surface area contributed by atoms with Gasteiger partial charge in [0.2, 0.25) is 11.8 Å². The Balaban J connectivity index is 1.49. The van der Waals surface area contributed by atoms with Crippen molar-refractivity contribution in [2.45, 2.75) is 26.5 Å². The SMILES string of the molecule is CC(=O)Nc1ccc(NC(=O)C(C)Nc2ccc(OCc3ccccc3)cc2)cc1. The topological polar surface area (TPSA) is 79.5 Å². The highest BCUT2D eigenvalue weighted by Crippen LogP contribution is 2.18. The zero-order chi connectivity index (χ0) is 21.3. The summed E-state index contributed by atoms with van der Waals surface area (Å²) in [6, 6.07) is 24.0. The number of hydrogen-bond donors (Lipinski definition) is 3. The quantitative estimate of drug-likeness (QED) is 0.511. The Labute approximate surface area is 176 Å². The summed E-state index contributed by atoms with van der Waals surface area (Å²) in [6.07, 6.45) is 0. The summed E-state index contributed by atoms with van der Waals surface area (Å²) in [6.45, 7) is 3.75. The fourth-order valence-electron chi connectivity index (χ4n) is 2.79. The van der Waals surface area contributed by atoms with Gasteiger partial charge in [0.15, 0.2) is 0 Å². The fraction of sp³-hybridized carbons (Fsp3) is 0.167. The van der Waals surface area contributed by atoms with Gasteiger partial charge in [-0.25, -0.2) is 0 Å². The third-order valence-electron chi connectivity index (χ3n) is 4.35. The molecule has 0 heterocycles. The minimum Gasteiger partial charge on any atom is -0.489 e. The Bertz CT molecular complexity index is 971. The molecule has 154 valence electrons. The second-order valence-electron chi connectivity index (χ2n) is 6.91. The van der Waals surface area contributed by atoms with E-state index in [0.717, 1.165) is 17.0 Å². The molecule has 0 spiro atoms. The average Bonchev–Trinajstić information content (AvgIpc) is 2.75. The second kappa shape index (κ2) is 10.1. The molecule has 3 aromatic carbocycles. The molecule has 3 aromatic rings. The van der Waals surface area contributed by atoms with Gasteiger partial charge in [-0.15, -0.1) is 0 Å². The minimum absolute atomic E-state index is 0.138. The molecule has 0 aliphatic carbocycles. The van der Waals surface area contributed by atoms with Crippen LogP contribution in [0.3, 0.4) is 0 Å². The highest BCUT2D eigenvalue weighted by atomic mass is 16.5. The zero-order valence-corrected chi connectivity index (χ0v) is 17.0. The first-order chi connectivity index (χ1) is 14.5. The number of ether oxygens (including phenoxy) is 1. The molecule has 0 aromatic heterocycles. The lowest BCUT2D eigenvalue weighted by Crippen LogP contribution is -2.31. The van der Waals surface area contributed by atoms with E-state index in [1.54, 1.807) is 31.2 Å². The molecule has 0 aliphatic rings. The van der Waals surface area contributed by atoms with Crippen molar-refractivity contribution >= 4 is 28.9 Å². The molecule has 0 saturated carbocycles. The summed E-state index contributed by atoms with van der Waals surface area (Å²) < 4.78 is 5.78. The number of carbonyl (C=O) groups is 2. The Morgan fingerprint density at radius 1 is 0.800 bits per heavy atom. The summed E-state index contributed by atoms with van der Waals surface area (Å²) in [4.78, 5) is 23.5. The van der Waals surface area contributed by atoms with Crippen LogP contribution in [0.5, 0.6) is 5.75 Å². The van der Waals surface area contributed by atoms with E-state index in [1.807, 2.05) is 54.6 Å². The third-order valence-corrected chi connectivity index (χ3v) is 4.35. The van der Waals surface area contributed by atoms with Crippen molar-refractivity contribution in [3.8, 4) is 5.75 Å². The largest absolute Gasteiger partial charge is 0.489 e. The predicted molar refractivity (Wildman–Crippen MR) is 120 cm³/mol. The molecule has 3 N–H and O–H groups in total. The number of carbonyl (C=O) groups excluding carboxylic acids is 2. The number of hydrogen-bond acceptors (Lipinski definition) is 4. The molecule has 6 heteroatoms. The van der Waals surface area contributed by atoms with E-state index in [9.17, 15) is 9.59 Å². The fourth-order valence-corrected chi connectivity index (χ4v) is 2.79. The van der Waals surface area contributed by atoms with E-state index >= 15 is 0 Å². The summed E-state index contributed by atoms with van der Waals surface area (Å²) in [5, 5.41) is 8.72. The molecule has 1 atom stereocenters.